The Labute approximate surface area is 98.1 Å². The summed E-state index contributed by atoms with van der Waals surface area (Å²) in [6, 6.07) is 7.19. The molecular formula is C14H22FN. The molecule has 0 radical (unpaired) electrons. The molecular weight excluding hydrogens is 201 g/mol. The standard InChI is InChI=1S/C14H22FN/c1-3-5-8-11-16-14(4-2)12-9-6-7-10-13(12)15/h6-7,9-10,14,16H,3-5,8,11H2,1-2H3. The average molecular weight is 223 g/mol. The van der Waals surface area contributed by atoms with E-state index in [4.69, 9.17) is 0 Å². The van der Waals surface area contributed by atoms with E-state index in [0.717, 1.165) is 18.5 Å². The molecule has 0 fully saturated rings. The van der Waals surface area contributed by atoms with Gasteiger partial charge in [0, 0.05) is 11.6 Å². The van der Waals surface area contributed by atoms with Crippen LogP contribution in [-0.4, -0.2) is 6.54 Å². The zero-order valence-corrected chi connectivity index (χ0v) is 10.3. The van der Waals surface area contributed by atoms with Crippen LogP contribution in [0.1, 0.15) is 51.1 Å². The van der Waals surface area contributed by atoms with E-state index < -0.39 is 0 Å². The maximum atomic E-state index is 13.6. The Morgan fingerprint density at radius 3 is 2.56 bits per heavy atom. The molecule has 2 heteroatoms. The van der Waals surface area contributed by atoms with Crippen molar-refractivity contribution in [2.45, 2.75) is 45.6 Å². The second-order valence-electron chi connectivity index (χ2n) is 4.14. The Kier molecular flexibility index (Phi) is 6.09. The van der Waals surface area contributed by atoms with Gasteiger partial charge < -0.3 is 5.32 Å². The predicted molar refractivity (Wildman–Crippen MR) is 67.0 cm³/mol. The number of rotatable bonds is 7. The van der Waals surface area contributed by atoms with Gasteiger partial charge in [-0.2, -0.15) is 0 Å². The van der Waals surface area contributed by atoms with Gasteiger partial charge in [-0.25, -0.2) is 4.39 Å². The van der Waals surface area contributed by atoms with Gasteiger partial charge in [0.15, 0.2) is 0 Å². The number of hydrogen-bond acceptors (Lipinski definition) is 1. The fourth-order valence-corrected chi connectivity index (χ4v) is 1.88. The first kappa shape index (κ1) is 13.2. The van der Waals surface area contributed by atoms with Crippen LogP contribution >= 0.6 is 0 Å². The first-order valence-corrected chi connectivity index (χ1v) is 6.27. The van der Waals surface area contributed by atoms with Crippen molar-refractivity contribution < 1.29 is 4.39 Å². The van der Waals surface area contributed by atoms with Gasteiger partial charge in [0.25, 0.3) is 0 Å². The molecule has 0 saturated heterocycles. The minimum atomic E-state index is -0.0997. The molecule has 0 aliphatic heterocycles. The molecule has 0 aliphatic rings. The van der Waals surface area contributed by atoms with Crippen molar-refractivity contribution in [1.82, 2.24) is 5.32 Å². The molecule has 1 atom stereocenters. The second kappa shape index (κ2) is 7.39. The summed E-state index contributed by atoms with van der Waals surface area (Å²) in [6.45, 7) is 5.25. The summed E-state index contributed by atoms with van der Waals surface area (Å²) < 4.78 is 13.6. The van der Waals surface area contributed by atoms with Crippen LogP contribution in [0, 0.1) is 5.82 Å². The summed E-state index contributed by atoms with van der Waals surface area (Å²) in [6.07, 6.45) is 4.55. The molecule has 0 saturated carbocycles. The number of halogens is 1. The van der Waals surface area contributed by atoms with Gasteiger partial charge in [-0.3, -0.25) is 0 Å². The Bertz CT molecular complexity index is 299. The SMILES string of the molecule is CCCCCNC(CC)c1ccccc1F. The van der Waals surface area contributed by atoms with Gasteiger partial charge >= 0.3 is 0 Å². The van der Waals surface area contributed by atoms with Crippen molar-refractivity contribution in [1.29, 1.82) is 0 Å². The Morgan fingerprint density at radius 1 is 1.19 bits per heavy atom. The van der Waals surface area contributed by atoms with E-state index in [0.29, 0.717) is 0 Å². The quantitative estimate of drug-likeness (QED) is 0.687. The van der Waals surface area contributed by atoms with E-state index in [9.17, 15) is 4.39 Å². The van der Waals surface area contributed by atoms with Crippen molar-refractivity contribution in [3.8, 4) is 0 Å². The molecule has 1 aromatic rings. The summed E-state index contributed by atoms with van der Waals surface area (Å²) in [4.78, 5) is 0. The van der Waals surface area contributed by atoms with Crippen LogP contribution in [0.2, 0.25) is 0 Å². The lowest BCUT2D eigenvalue weighted by Gasteiger charge is -2.17. The molecule has 16 heavy (non-hydrogen) atoms. The van der Waals surface area contributed by atoms with Crippen LogP contribution in [0.3, 0.4) is 0 Å². The van der Waals surface area contributed by atoms with Crippen LogP contribution in [0.5, 0.6) is 0 Å². The topological polar surface area (TPSA) is 12.0 Å². The highest BCUT2D eigenvalue weighted by Gasteiger charge is 2.11. The third-order valence-corrected chi connectivity index (χ3v) is 2.86. The largest absolute Gasteiger partial charge is 0.310 e. The summed E-state index contributed by atoms with van der Waals surface area (Å²) in [5, 5.41) is 3.42. The normalized spacial score (nSPS) is 12.7. The highest BCUT2D eigenvalue weighted by Crippen LogP contribution is 2.19. The van der Waals surface area contributed by atoms with Gasteiger partial charge in [-0.1, -0.05) is 44.9 Å². The van der Waals surface area contributed by atoms with Gasteiger partial charge in [0.2, 0.25) is 0 Å². The van der Waals surface area contributed by atoms with Crippen LogP contribution in [0.25, 0.3) is 0 Å². The molecule has 0 spiro atoms. The summed E-state index contributed by atoms with van der Waals surface area (Å²) in [5.74, 6) is -0.0997. The second-order valence-corrected chi connectivity index (χ2v) is 4.14. The maximum Gasteiger partial charge on any atom is 0.127 e. The van der Waals surface area contributed by atoms with E-state index in [1.165, 1.54) is 25.3 Å². The number of nitrogens with one attached hydrogen (secondary N) is 1. The summed E-state index contributed by atoms with van der Waals surface area (Å²) >= 11 is 0. The zero-order chi connectivity index (χ0) is 11.8. The number of unbranched alkanes of at least 4 members (excludes halogenated alkanes) is 2. The predicted octanol–water partition coefficient (Wildman–Crippen LogP) is 4.06. The molecule has 1 unspecified atom stereocenters. The monoisotopic (exact) mass is 223 g/mol. The molecule has 1 nitrogen and oxygen atoms in total. The zero-order valence-electron chi connectivity index (χ0n) is 10.3. The lowest BCUT2D eigenvalue weighted by Crippen LogP contribution is -2.22. The van der Waals surface area contributed by atoms with Crippen molar-refractivity contribution in [3.05, 3.63) is 35.6 Å². The fourth-order valence-electron chi connectivity index (χ4n) is 1.88. The molecule has 90 valence electrons. The average Bonchev–Trinajstić information content (AvgIpc) is 2.31. The van der Waals surface area contributed by atoms with Crippen LogP contribution in [0.15, 0.2) is 24.3 Å². The first-order valence-electron chi connectivity index (χ1n) is 6.27. The fraction of sp³-hybridized carbons (Fsp3) is 0.571. The first-order chi connectivity index (χ1) is 7.79. The van der Waals surface area contributed by atoms with Crippen LogP contribution in [-0.2, 0) is 0 Å². The van der Waals surface area contributed by atoms with E-state index in [1.54, 1.807) is 6.07 Å². The smallest absolute Gasteiger partial charge is 0.127 e. The Balaban J connectivity index is 2.51. The summed E-state index contributed by atoms with van der Waals surface area (Å²) in [7, 11) is 0. The van der Waals surface area contributed by atoms with Gasteiger partial charge in [0.05, 0.1) is 0 Å². The summed E-state index contributed by atoms with van der Waals surface area (Å²) in [5.41, 5.74) is 0.793. The van der Waals surface area contributed by atoms with Crippen LogP contribution in [0.4, 0.5) is 4.39 Å². The van der Waals surface area contributed by atoms with Crippen molar-refractivity contribution in [2.75, 3.05) is 6.54 Å². The van der Waals surface area contributed by atoms with Crippen molar-refractivity contribution in [3.63, 3.8) is 0 Å². The molecule has 1 aromatic carbocycles. The third-order valence-electron chi connectivity index (χ3n) is 2.86. The highest BCUT2D eigenvalue weighted by molar-refractivity contribution is 5.20. The van der Waals surface area contributed by atoms with Crippen molar-refractivity contribution in [2.24, 2.45) is 0 Å². The van der Waals surface area contributed by atoms with E-state index in [2.05, 4.69) is 19.2 Å². The van der Waals surface area contributed by atoms with E-state index in [-0.39, 0.29) is 11.9 Å². The molecule has 1 N–H and O–H groups in total. The number of benzene rings is 1. The van der Waals surface area contributed by atoms with E-state index in [1.807, 2.05) is 12.1 Å². The van der Waals surface area contributed by atoms with Crippen LogP contribution < -0.4 is 5.32 Å². The molecule has 0 aliphatic carbocycles. The molecule has 0 amide bonds. The van der Waals surface area contributed by atoms with E-state index >= 15 is 0 Å². The molecule has 1 rings (SSSR count). The highest BCUT2D eigenvalue weighted by atomic mass is 19.1. The van der Waals surface area contributed by atoms with Gasteiger partial charge in [0.1, 0.15) is 5.82 Å². The number of hydrogen-bond donors (Lipinski definition) is 1. The van der Waals surface area contributed by atoms with Crippen molar-refractivity contribution >= 4 is 0 Å². The Morgan fingerprint density at radius 2 is 1.94 bits per heavy atom. The van der Waals surface area contributed by atoms with Gasteiger partial charge in [-0.15, -0.1) is 0 Å². The lowest BCUT2D eigenvalue weighted by atomic mass is 10.0. The third kappa shape index (κ3) is 3.93. The molecule has 0 aromatic heterocycles. The molecule has 0 heterocycles. The minimum Gasteiger partial charge on any atom is -0.310 e. The maximum absolute atomic E-state index is 13.6. The van der Waals surface area contributed by atoms with Gasteiger partial charge in [-0.05, 0) is 25.5 Å². The lowest BCUT2D eigenvalue weighted by molar-refractivity contribution is 0.477. The Hall–Kier alpha value is -0.890. The minimum absolute atomic E-state index is 0.0997. The molecule has 0 bridgehead atoms.